The average Bonchev–Trinajstić information content (AvgIpc) is 2.43. The summed E-state index contributed by atoms with van der Waals surface area (Å²) in [5.74, 6) is 1.24. The van der Waals surface area contributed by atoms with E-state index in [1.165, 1.54) is 32.1 Å². The highest BCUT2D eigenvalue weighted by Gasteiger charge is 2.24. The van der Waals surface area contributed by atoms with Crippen LogP contribution in [0.4, 0.5) is 0 Å². The molecule has 1 amide bonds. The van der Waals surface area contributed by atoms with Crippen LogP contribution in [0.1, 0.15) is 65.2 Å². The van der Waals surface area contributed by atoms with Gasteiger partial charge in [-0.3, -0.25) is 4.79 Å². The summed E-state index contributed by atoms with van der Waals surface area (Å²) in [6, 6.07) is 0.382. The molecule has 0 aliphatic heterocycles. The van der Waals surface area contributed by atoms with Crippen molar-refractivity contribution >= 4 is 5.91 Å². The summed E-state index contributed by atoms with van der Waals surface area (Å²) in [5.41, 5.74) is 5.66. The molecule has 1 aliphatic rings. The van der Waals surface area contributed by atoms with Crippen LogP contribution in [-0.2, 0) is 4.79 Å². The Morgan fingerprint density at radius 3 is 2.39 bits per heavy atom. The largest absolute Gasteiger partial charge is 0.353 e. The van der Waals surface area contributed by atoms with E-state index in [1.54, 1.807) is 0 Å². The molecule has 2 atom stereocenters. The lowest BCUT2D eigenvalue weighted by Crippen LogP contribution is -2.41. The summed E-state index contributed by atoms with van der Waals surface area (Å²) < 4.78 is 0. The molecular formula is C15H30N2O. The Kier molecular flexibility index (Phi) is 7.33. The van der Waals surface area contributed by atoms with Crippen molar-refractivity contribution in [3.05, 3.63) is 0 Å². The molecule has 3 N–H and O–H groups in total. The lowest BCUT2D eigenvalue weighted by Gasteiger charge is -2.30. The summed E-state index contributed by atoms with van der Waals surface area (Å²) in [6.45, 7) is 4.90. The Morgan fingerprint density at radius 1 is 1.22 bits per heavy atom. The van der Waals surface area contributed by atoms with Crippen molar-refractivity contribution < 1.29 is 4.79 Å². The number of hydrogen-bond acceptors (Lipinski definition) is 2. The van der Waals surface area contributed by atoms with E-state index in [9.17, 15) is 4.79 Å². The third-order valence-corrected chi connectivity index (χ3v) is 4.39. The van der Waals surface area contributed by atoms with Crippen molar-refractivity contribution in [1.29, 1.82) is 0 Å². The standard InChI is InChI=1S/C15H30N2O/c1-3-12(11-16)10-15(18)17-14(4-2)13-8-6-5-7-9-13/h12-14H,3-11,16H2,1-2H3,(H,17,18). The van der Waals surface area contributed by atoms with Crippen LogP contribution in [0.5, 0.6) is 0 Å². The van der Waals surface area contributed by atoms with Gasteiger partial charge in [0.2, 0.25) is 5.91 Å². The van der Waals surface area contributed by atoms with Crippen LogP contribution in [0.3, 0.4) is 0 Å². The van der Waals surface area contributed by atoms with Crippen molar-refractivity contribution in [2.24, 2.45) is 17.6 Å². The molecule has 0 bridgehead atoms. The Balaban J connectivity index is 2.39. The zero-order valence-electron chi connectivity index (χ0n) is 12.1. The van der Waals surface area contributed by atoms with Gasteiger partial charge in [0.1, 0.15) is 0 Å². The molecule has 0 aromatic heterocycles. The van der Waals surface area contributed by atoms with Crippen LogP contribution in [0, 0.1) is 11.8 Å². The fourth-order valence-corrected chi connectivity index (χ4v) is 3.01. The monoisotopic (exact) mass is 254 g/mol. The van der Waals surface area contributed by atoms with Crippen LogP contribution in [0.15, 0.2) is 0 Å². The third kappa shape index (κ3) is 4.97. The van der Waals surface area contributed by atoms with Crippen LogP contribution in [-0.4, -0.2) is 18.5 Å². The second-order valence-corrected chi connectivity index (χ2v) is 5.69. The van der Waals surface area contributed by atoms with Crippen LogP contribution in [0.2, 0.25) is 0 Å². The Bertz CT molecular complexity index is 233. The van der Waals surface area contributed by atoms with Crippen molar-refractivity contribution in [3.8, 4) is 0 Å². The number of hydrogen-bond donors (Lipinski definition) is 2. The molecule has 3 nitrogen and oxygen atoms in total. The van der Waals surface area contributed by atoms with Gasteiger partial charge in [-0.2, -0.15) is 0 Å². The molecular weight excluding hydrogens is 224 g/mol. The Hall–Kier alpha value is -0.570. The SMILES string of the molecule is CCC(CN)CC(=O)NC(CC)C1CCCCC1. The van der Waals surface area contributed by atoms with Crippen molar-refractivity contribution in [1.82, 2.24) is 5.32 Å². The molecule has 0 radical (unpaired) electrons. The van der Waals surface area contributed by atoms with Gasteiger partial charge in [-0.1, -0.05) is 39.5 Å². The molecule has 0 spiro atoms. The minimum Gasteiger partial charge on any atom is -0.353 e. The summed E-state index contributed by atoms with van der Waals surface area (Å²) in [6.07, 6.45) is 9.23. The summed E-state index contributed by atoms with van der Waals surface area (Å²) >= 11 is 0. The lowest BCUT2D eigenvalue weighted by molar-refractivity contribution is -0.123. The van der Waals surface area contributed by atoms with Crippen LogP contribution in [0.25, 0.3) is 0 Å². The van der Waals surface area contributed by atoms with Crippen LogP contribution < -0.4 is 11.1 Å². The van der Waals surface area contributed by atoms with E-state index >= 15 is 0 Å². The van der Waals surface area contributed by atoms with Gasteiger partial charge in [0.25, 0.3) is 0 Å². The number of nitrogens with one attached hydrogen (secondary N) is 1. The Labute approximate surface area is 112 Å². The topological polar surface area (TPSA) is 55.1 Å². The predicted molar refractivity (Wildman–Crippen MR) is 76.2 cm³/mol. The second kappa shape index (κ2) is 8.52. The highest BCUT2D eigenvalue weighted by Crippen LogP contribution is 2.27. The fourth-order valence-electron chi connectivity index (χ4n) is 3.01. The molecule has 106 valence electrons. The summed E-state index contributed by atoms with van der Waals surface area (Å²) in [5, 5.41) is 3.24. The van der Waals surface area contributed by atoms with E-state index in [0.717, 1.165) is 12.8 Å². The number of carbonyl (C=O) groups excluding carboxylic acids is 1. The molecule has 0 aromatic rings. The van der Waals surface area contributed by atoms with E-state index < -0.39 is 0 Å². The molecule has 1 rings (SSSR count). The third-order valence-electron chi connectivity index (χ3n) is 4.39. The van der Waals surface area contributed by atoms with Gasteiger partial charge in [0.05, 0.1) is 0 Å². The molecule has 0 saturated heterocycles. The summed E-state index contributed by atoms with van der Waals surface area (Å²) in [7, 11) is 0. The molecule has 3 heteroatoms. The number of carbonyl (C=O) groups is 1. The minimum atomic E-state index is 0.199. The highest BCUT2D eigenvalue weighted by molar-refractivity contribution is 5.76. The zero-order valence-corrected chi connectivity index (χ0v) is 12.1. The van der Waals surface area contributed by atoms with Crippen LogP contribution >= 0.6 is 0 Å². The van der Waals surface area contributed by atoms with E-state index in [2.05, 4.69) is 19.2 Å². The van der Waals surface area contributed by atoms with Gasteiger partial charge in [-0.25, -0.2) is 0 Å². The van der Waals surface area contributed by atoms with E-state index in [1.807, 2.05) is 0 Å². The van der Waals surface area contributed by atoms with E-state index in [-0.39, 0.29) is 5.91 Å². The van der Waals surface area contributed by atoms with Gasteiger partial charge in [0, 0.05) is 12.5 Å². The van der Waals surface area contributed by atoms with Gasteiger partial charge in [-0.05, 0) is 37.6 Å². The fraction of sp³-hybridized carbons (Fsp3) is 0.933. The molecule has 1 aliphatic carbocycles. The summed E-state index contributed by atoms with van der Waals surface area (Å²) in [4.78, 5) is 12.0. The molecule has 2 unspecified atom stereocenters. The van der Waals surface area contributed by atoms with Gasteiger partial charge >= 0.3 is 0 Å². The zero-order chi connectivity index (χ0) is 13.4. The van der Waals surface area contributed by atoms with Gasteiger partial charge < -0.3 is 11.1 Å². The maximum absolute atomic E-state index is 12.0. The first-order valence-corrected chi connectivity index (χ1v) is 7.70. The first-order valence-electron chi connectivity index (χ1n) is 7.70. The van der Waals surface area contributed by atoms with E-state index in [4.69, 9.17) is 5.73 Å². The quantitative estimate of drug-likeness (QED) is 0.734. The maximum Gasteiger partial charge on any atom is 0.220 e. The van der Waals surface area contributed by atoms with Crippen molar-refractivity contribution in [3.63, 3.8) is 0 Å². The molecule has 0 heterocycles. The normalized spacial score (nSPS) is 20.4. The van der Waals surface area contributed by atoms with E-state index in [0.29, 0.717) is 30.8 Å². The predicted octanol–water partition coefficient (Wildman–Crippen LogP) is 2.84. The van der Waals surface area contributed by atoms with Crippen molar-refractivity contribution in [2.45, 2.75) is 71.3 Å². The number of rotatable bonds is 7. The molecule has 1 saturated carbocycles. The first kappa shape index (κ1) is 15.5. The highest BCUT2D eigenvalue weighted by atomic mass is 16.1. The smallest absolute Gasteiger partial charge is 0.220 e. The maximum atomic E-state index is 12.0. The first-order chi connectivity index (χ1) is 8.71. The van der Waals surface area contributed by atoms with Gasteiger partial charge in [-0.15, -0.1) is 0 Å². The van der Waals surface area contributed by atoms with Gasteiger partial charge in [0.15, 0.2) is 0 Å². The lowest BCUT2D eigenvalue weighted by atomic mass is 9.83. The Morgan fingerprint density at radius 2 is 1.89 bits per heavy atom. The minimum absolute atomic E-state index is 0.199. The molecule has 18 heavy (non-hydrogen) atoms. The average molecular weight is 254 g/mol. The molecule has 0 aromatic carbocycles. The van der Waals surface area contributed by atoms with Crippen molar-refractivity contribution in [2.75, 3.05) is 6.54 Å². The molecule has 1 fully saturated rings. The second-order valence-electron chi connectivity index (χ2n) is 5.69. The number of nitrogens with two attached hydrogens (primary N) is 1. The number of amides is 1.